The first-order valence-corrected chi connectivity index (χ1v) is 12.0. The Morgan fingerprint density at radius 2 is 2.00 bits per heavy atom. The van der Waals surface area contributed by atoms with Crippen molar-refractivity contribution >= 4 is 22.8 Å². The van der Waals surface area contributed by atoms with Gasteiger partial charge < -0.3 is 19.4 Å². The summed E-state index contributed by atoms with van der Waals surface area (Å²) in [4.78, 5) is 46.5. The normalized spacial score (nSPS) is 21.2. The summed E-state index contributed by atoms with van der Waals surface area (Å²) in [6.45, 7) is 5.12. The molecule has 5 heterocycles. The molecule has 0 saturated carbocycles. The Labute approximate surface area is 201 Å². The van der Waals surface area contributed by atoms with Gasteiger partial charge in [-0.3, -0.25) is 14.5 Å². The molecular formula is C26H26N4O5. The van der Waals surface area contributed by atoms with Gasteiger partial charge in [0.2, 0.25) is 5.60 Å². The van der Waals surface area contributed by atoms with Crippen LogP contribution in [0.5, 0.6) is 0 Å². The molecule has 1 aromatic carbocycles. The number of rotatable bonds is 4. The van der Waals surface area contributed by atoms with Crippen LogP contribution in [0.15, 0.2) is 41.2 Å². The summed E-state index contributed by atoms with van der Waals surface area (Å²) in [6.07, 6.45) is 0.160. The first-order chi connectivity index (χ1) is 17.0. The number of piperazine rings is 1. The topological polar surface area (TPSA) is 103 Å². The SMILES string of the molecule is CC[C@@]1(OC(=O)CN2CCNCC2)C(=O)OCc2c1cc1n(c2=O)Cc2cc3ccccc3nc2-1. The molecule has 1 atom stereocenters. The van der Waals surface area contributed by atoms with Crippen molar-refractivity contribution in [2.75, 3.05) is 32.7 Å². The highest BCUT2D eigenvalue weighted by Gasteiger charge is 2.50. The number of cyclic esters (lactones) is 1. The fourth-order valence-electron chi connectivity index (χ4n) is 5.36. The van der Waals surface area contributed by atoms with E-state index >= 15 is 0 Å². The zero-order valence-corrected chi connectivity index (χ0v) is 19.5. The maximum Gasteiger partial charge on any atom is 0.355 e. The standard InChI is InChI=1S/C26H26N4O5/c1-2-26(35-22(31)14-29-9-7-27-8-10-29)19-12-21-23-17(11-16-5-3-4-6-20(16)28-23)13-30(21)24(32)18(19)15-34-25(26)33/h3-6,11-12,27H,2,7-10,13-15H2,1H3/t26-/m0/s1. The van der Waals surface area contributed by atoms with Crippen molar-refractivity contribution in [1.29, 1.82) is 0 Å². The second kappa shape index (κ2) is 8.28. The molecule has 0 unspecified atom stereocenters. The Morgan fingerprint density at radius 1 is 1.20 bits per heavy atom. The van der Waals surface area contributed by atoms with Crippen LogP contribution in [0.25, 0.3) is 22.3 Å². The molecule has 35 heavy (non-hydrogen) atoms. The van der Waals surface area contributed by atoms with Crippen molar-refractivity contribution in [3.05, 3.63) is 63.4 Å². The number of ether oxygens (including phenoxy) is 2. The Hall–Kier alpha value is -3.56. The Morgan fingerprint density at radius 3 is 2.80 bits per heavy atom. The summed E-state index contributed by atoms with van der Waals surface area (Å²) >= 11 is 0. The lowest BCUT2D eigenvalue weighted by Crippen LogP contribution is -2.50. The minimum Gasteiger partial charge on any atom is -0.457 e. The predicted octanol–water partition coefficient (Wildman–Crippen LogP) is 1.54. The molecule has 3 aromatic rings. The Balaban J connectivity index is 1.44. The number of esters is 2. The van der Waals surface area contributed by atoms with Crippen molar-refractivity contribution < 1.29 is 19.1 Å². The quantitative estimate of drug-likeness (QED) is 0.445. The first-order valence-electron chi connectivity index (χ1n) is 12.0. The number of carbonyl (C=O) groups excluding carboxylic acids is 2. The van der Waals surface area contributed by atoms with Gasteiger partial charge in [-0.25, -0.2) is 9.78 Å². The number of fused-ring (bicyclic) bond motifs is 5. The second-order valence-corrected chi connectivity index (χ2v) is 9.26. The lowest BCUT2D eigenvalue weighted by atomic mass is 9.85. The van der Waals surface area contributed by atoms with E-state index in [0.717, 1.165) is 42.6 Å². The lowest BCUT2D eigenvalue weighted by Gasteiger charge is -2.36. The average molecular weight is 475 g/mol. The third kappa shape index (κ3) is 3.45. The van der Waals surface area contributed by atoms with Gasteiger partial charge in [0.15, 0.2) is 0 Å². The maximum absolute atomic E-state index is 13.6. The molecule has 3 aliphatic heterocycles. The largest absolute Gasteiger partial charge is 0.457 e. The van der Waals surface area contributed by atoms with Gasteiger partial charge in [-0.05, 0) is 24.6 Å². The summed E-state index contributed by atoms with van der Waals surface area (Å²) in [5.74, 6) is -1.15. The number of hydrogen-bond donors (Lipinski definition) is 1. The number of benzene rings is 1. The smallest absolute Gasteiger partial charge is 0.355 e. The van der Waals surface area contributed by atoms with Crippen LogP contribution in [0.3, 0.4) is 0 Å². The number of pyridine rings is 2. The van der Waals surface area contributed by atoms with E-state index in [0.29, 0.717) is 29.1 Å². The number of aromatic nitrogens is 2. The molecule has 0 radical (unpaired) electrons. The fraction of sp³-hybridized carbons (Fsp3) is 0.385. The van der Waals surface area contributed by atoms with E-state index in [1.54, 1.807) is 17.6 Å². The van der Waals surface area contributed by atoms with Gasteiger partial charge in [0.25, 0.3) is 5.56 Å². The van der Waals surface area contributed by atoms with E-state index in [4.69, 9.17) is 14.5 Å². The monoisotopic (exact) mass is 474 g/mol. The van der Waals surface area contributed by atoms with Gasteiger partial charge in [-0.2, -0.15) is 0 Å². The third-order valence-corrected chi connectivity index (χ3v) is 7.23. The highest BCUT2D eigenvalue weighted by molar-refractivity contribution is 5.88. The van der Waals surface area contributed by atoms with Gasteiger partial charge >= 0.3 is 11.9 Å². The van der Waals surface area contributed by atoms with Gasteiger partial charge in [0.1, 0.15) is 6.61 Å². The average Bonchev–Trinajstić information content (AvgIpc) is 3.23. The summed E-state index contributed by atoms with van der Waals surface area (Å²) in [5.41, 5.74) is 1.95. The Bertz CT molecular complexity index is 1430. The van der Waals surface area contributed by atoms with Crippen molar-refractivity contribution in [3.8, 4) is 11.4 Å². The maximum atomic E-state index is 13.6. The zero-order valence-electron chi connectivity index (χ0n) is 19.5. The van der Waals surface area contributed by atoms with Gasteiger partial charge in [-0.15, -0.1) is 0 Å². The molecule has 9 heteroatoms. The predicted molar refractivity (Wildman–Crippen MR) is 128 cm³/mol. The number of nitrogens with zero attached hydrogens (tertiary/aromatic N) is 3. The molecule has 1 saturated heterocycles. The van der Waals surface area contributed by atoms with Gasteiger partial charge in [0.05, 0.1) is 35.6 Å². The highest BCUT2D eigenvalue weighted by Crippen LogP contribution is 2.41. The van der Waals surface area contributed by atoms with Gasteiger partial charge in [0, 0.05) is 42.7 Å². The molecule has 0 aliphatic carbocycles. The van der Waals surface area contributed by atoms with Crippen molar-refractivity contribution in [2.24, 2.45) is 0 Å². The van der Waals surface area contributed by atoms with Crippen molar-refractivity contribution in [1.82, 2.24) is 19.8 Å². The van der Waals surface area contributed by atoms with Crippen LogP contribution in [-0.4, -0.2) is 59.1 Å². The molecular weight excluding hydrogens is 448 g/mol. The molecule has 6 rings (SSSR count). The second-order valence-electron chi connectivity index (χ2n) is 9.26. The lowest BCUT2D eigenvalue weighted by molar-refractivity contribution is -0.190. The molecule has 0 amide bonds. The molecule has 0 spiro atoms. The summed E-state index contributed by atoms with van der Waals surface area (Å²) < 4.78 is 13.0. The minimum atomic E-state index is -1.66. The Kier molecular flexibility index (Phi) is 5.19. The summed E-state index contributed by atoms with van der Waals surface area (Å²) in [5, 5.41) is 4.25. The van der Waals surface area contributed by atoms with Crippen LogP contribution in [-0.2, 0) is 37.8 Å². The molecule has 2 aromatic heterocycles. The molecule has 180 valence electrons. The van der Waals surface area contributed by atoms with E-state index in [-0.39, 0.29) is 25.1 Å². The number of hydrogen-bond acceptors (Lipinski definition) is 8. The van der Waals surface area contributed by atoms with Crippen LogP contribution < -0.4 is 10.9 Å². The summed E-state index contributed by atoms with van der Waals surface area (Å²) in [6, 6.07) is 11.6. The van der Waals surface area contributed by atoms with Gasteiger partial charge in [-0.1, -0.05) is 25.1 Å². The highest BCUT2D eigenvalue weighted by atomic mass is 16.6. The third-order valence-electron chi connectivity index (χ3n) is 7.23. The van der Waals surface area contributed by atoms with E-state index in [9.17, 15) is 14.4 Å². The van der Waals surface area contributed by atoms with Crippen molar-refractivity contribution in [2.45, 2.75) is 32.1 Å². The molecule has 1 fully saturated rings. The van der Waals surface area contributed by atoms with Crippen LogP contribution >= 0.6 is 0 Å². The molecule has 1 N–H and O–H groups in total. The van der Waals surface area contributed by atoms with Crippen molar-refractivity contribution in [3.63, 3.8) is 0 Å². The zero-order chi connectivity index (χ0) is 24.2. The van der Waals surface area contributed by atoms with Crippen LogP contribution in [0.1, 0.15) is 30.0 Å². The number of carbonyl (C=O) groups is 2. The number of para-hydroxylation sites is 1. The van der Waals surface area contributed by atoms with E-state index in [2.05, 4.69) is 5.32 Å². The first kappa shape index (κ1) is 21.9. The molecule has 9 nitrogen and oxygen atoms in total. The molecule has 0 bridgehead atoms. The van der Waals surface area contributed by atoms with E-state index in [1.807, 2.05) is 35.2 Å². The van der Waals surface area contributed by atoms with Crippen LogP contribution in [0, 0.1) is 0 Å². The number of nitrogens with one attached hydrogen (secondary N) is 1. The van der Waals surface area contributed by atoms with E-state index < -0.39 is 17.5 Å². The molecule has 3 aliphatic rings. The minimum absolute atomic E-state index is 0.0757. The van der Waals surface area contributed by atoms with E-state index in [1.165, 1.54) is 0 Å². The van der Waals surface area contributed by atoms with Crippen LogP contribution in [0.2, 0.25) is 0 Å². The van der Waals surface area contributed by atoms with Crippen LogP contribution in [0.4, 0.5) is 0 Å². The summed E-state index contributed by atoms with van der Waals surface area (Å²) in [7, 11) is 0. The fourth-order valence-corrected chi connectivity index (χ4v) is 5.36.